The molecule has 0 bridgehead atoms. The Hall–Kier alpha value is -2.77. The van der Waals surface area contributed by atoms with Gasteiger partial charge in [-0.2, -0.15) is 0 Å². The normalized spacial score (nSPS) is 13.5. The van der Waals surface area contributed by atoms with E-state index in [-0.39, 0.29) is 22.9 Å². The van der Waals surface area contributed by atoms with Crippen LogP contribution in [0.2, 0.25) is 0 Å². The Balaban J connectivity index is 3.52. The molecule has 0 aliphatic carbocycles. The number of hydrogen-bond donors (Lipinski definition) is 1. The van der Waals surface area contributed by atoms with Gasteiger partial charge >= 0.3 is 5.97 Å². The summed E-state index contributed by atoms with van der Waals surface area (Å²) in [7, 11) is 0. The zero-order valence-electron chi connectivity index (χ0n) is 15.0. The van der Waals surface area contributed by atoms with Gasteiger partial charge < -0.3 is 5.11 Å². The number of rotatable bonds is 11. The van der Waals surface area contributed by atoms with Crippen LogP contribution in [0.25, 0.3) is 0 Å². The van der Waals surface area contributed by atoms with Crippen LogP contribution in [0.1, 0.15) is 57.4 Å². The van der Waals surface area contributed by atoms with Crippen LogP contribution in [-0.4, -0.2) is 20.9 Å². The molecule has 1 N–H and O–H groups in total. The Morgan fingerprint density at radius 1 is 1.15 bits per heavy atom. The molecule has 0 heterocycles. The quantitative estimate of drug-likeness (QED) is 0.259. The van der Waals surface area contributed by atoms with E-state index >= 15 is 0 Å². The lowest BCUT2D eigenvalue weighted by Gasteiger charge is -2.23. The van der Waals surface area contributed by atoms with Gasteiger partial charge in [0.15, 0.2) is 0 Å². The molecule has 0 aliphatic heterocycles. The van der Waals surface area contributed by atoms with E-state index in [1.807, 2.05) is 6.92 Å². The minimum Gasteiger partial charge on any atom is -0.478 e. The van der Waals surface area contributed by atoms with Gasteiger partial charge in [0.1, 0.15) is 5.56 Å². The van der Waals surface area contributed by atoms with Crippen molar-refractivity contribution in [1.82, 2.24) is 0 Å². The number of carboxylic acid groups (broad SMARTS) is 1. The predicted octanol–water partition coefficient (Wildman–Crippen LogP) is 4.83. The fraction of sp³-hybridized carbons (Fsp3) is 0.500. The molecule has 8 heteroatoms. The Morgan fingerprint density at radius 3 is 2.15 bits per heavy atom. The van der Waals surface area contributed by atoms with Gasteiger partial charge in [0.05, 0.1) is 9.85 Å². The van der Waals surface area contributed by atoms with E-state index in [0.717, 1.165) is 25.3 Å². The summed E-state index contributed by atoms with van der Waals surface area (Å²) in [4.78, 5) is 32.6. The maximum Gasteiger partial charge on any atom is 0.327 e. The molecule has 2 atom stereocenters. The van der Waals surface area contributed by atoms with Crippen molar-refractivity contribution >= 4 is 17.3 Å². The highest BCUT2D eigenvalue weighted by molar-refractivity contribution is 5.80. The summed E-state index contributed by atoms with van der Waals surface area (Å²) in [6.07, 6.45) is 6.44. The van der Waals surface area contributed by atoms with Crippen LogP contribution in [0.3, 0.4) is 0 Å². The van der Waals surface area contributed by atoms with Crippen LogP contribution in [0.15, 0.2) is 30.4 Å². The molecular weight excluding hydrogens is 340 g/mol. The number of aliphatic carboxylic acids is 1. The van der Waals surface area contributed by atoms with Crippen molar-refractivity contribution in [3.05, 3.63) is 56.1 Å². The summed E-state index contributed by atoms with van der Waals surface area (Å²) in [5.74, 6) is -2.04. The minimum atomic E-state index is -1.19. The lowest BCUT2D eigenvalue weighted by atomic mass is 9.79. The van der Waals surface area contributed by atoms with Crippen LogP contribution in [-0.2, 0) is 4.79 Å². The zero-order chi connectivity index (χ0) is 19.7. The van der Waals surface area contributed by atoms with Gasteiger partial charge in [0.25, 0.3) is 11.4 Å². The van der Waals surface area contributed by atoms with Crippen molar-refractivity contribution in [3.63, 3.8) is 0 Å². The Labute approximate surface area is 151 Å². The molecule has 0 radical (unpaired) electrons. The van der Waals surface area contributed by atoms with Crippen LogP contribution < -0.4 is 0 Å². The average Bonchev–Trinajstić information content (AvgIpc) is 2.59. The smallest absolute Gasteiger partial charge is 0.327 e. The lowest BCUT2D eigenvalue weighted by Crippen LogP contribution is -2.15. The molecule has 0 aliphatic rings. The van der Waals surface area contributed by atoms with E-state index in [1.165, 1.54) is 24.3 Å². The third-order valence-corrected chi connectivity index (χ3v) is 4.44. The molecule has 0 saturated carbocycles. The van der Waals surface area contributed by atoms with E-state index in [1.54, 1.807) is 0 Å². The highest BCUT2D eigenvalue weighted by atomic mass is 16.6. The fourth-order valence-electron chi connectivity index (χ4n) is 3.17. The van der Waals surface area contributed by atoms with Crippen LogP contribution in [0.4, 0.5) is 11.4 Å². The summed E-state index contributed by atoms with van der Waals surface area (Å²) in [6, 6.07) is 3.72. The monoisotopic (exact) mass is 364 g/mol. The number of allylic oxidation sites excluding steroid dienone is 1. The molecular formula is C18H24N2O6. The summed E-state index contributed by atoms with van der Waals surface area (Å²) in [5.41, 5.74) is -0.732. The van der Waals surface area contributed by atoms with Crippen LogP contribution in [0.5, 0.6) is 0 Å². The summed E-state index contributed by atoms with van der Waals surface area (Å²) < 4.78 is 0. The standard InChI is InChI=1S/C18H24N2O6/c1-3-5-6-8-13(4-2)14(11-12-17(21)22)18-15(19(23)24)9-7-10-16(18)20(25)26/h7,9-14H,3-6,8H2,1-2H3,(H,21,22)/b12-11+. The van der Waals surface area contributed by atoms with E-state index in [2.05, 4.69) is 6.92 Å². The number of carbonyl (C=O) groups is 1. The van der Waals surface area contributed by atoms with E-state index < -0.39 is 21.7 Å². The second-order valence-corrected chi connectivity index (χ2v) is 6.11. The molecule has 8 nitrogen and oxygen atoms in total. The van der Waals surface area contributed by atoms with Crippen molar-refractivity contribution in [2.75, 3.05) is 0 Å². The van der Waals surface area contributed by atoms with Gasteiger partial charge in [-0.25, -0.2) is 4.79 Å². The van der Waals surface area contributed by atoms with Crippen molar-refractivity contribution < 1.29 is 19.7 Å². The maximum atomic E-state index is 11.5. The van der Waals surface area contributed by atoms with Gasteiger partial charge in [-0.3, -0.25) is 20.2 Å². The SMILES string of the molecule is CCCCCC(CC)C(/C=C/C(=O)O)c1c([N+](=O)[O-])cccc1[N+](=O)[O-]. The van der Waals surface area contributed by atoms with Gasteiger partial charge in [-0.05, 0) is 18.4 Å². The third kappa shape index (κ3) is 5.65. The molecule has 0 spiro atoms. The Morgan fingerprint density at radius 2 is 1.73 bits per heavy atom. The van der Waals surface area contributed by atoms with Gasteiger partial charge in [-0.15, -0.1) is 0 Å². The second-order valence-electron chi connectivity index (χ2n) is 6.11. The zero-order valence-corrected chi connectivity index (χ0v) is 15.0. The molecule has 0 saturated heterocycles. The number of nitro groups is 2. The van der Waals surface area contributed by atoms with Crippen LogP contribution in [0, 0.1) is 26.1 Å². The lowest BCUT2D eigenvalue weighted by molar-refractivity contribution is -0.395. The number of carboxylic acids is 1. The maximum absolute atomic E-state index is 11.5. The third-order valence-electron chi connectivity index (χ3n) is 4.44. The van der Waals surface area contributed by atoms with Gasteiger partial charge in [0, 0.05) is 24.1 Å². The predicted molar refractivity (Wildman–Crippen MR) is 97.2 cm³/mol. The molecule has 1 rings (SSSR count). The highest BCUT2D eigenvalue weighted by Crippen LogP contribution is 2.42. The number of benzene rings is 1. The summed E-state index contributed by atoms with van der Waals surface area (Å²) >= 11 is 0. The number of nitrogens with zero attached hydrogens (tertiary/aromatic N) is 2. The Kier molecular flexibility index (Phi) is 8.41. The molecule has 0 fully saturated rings. The first kappa shape index (κ1) is 21.3. The first-order valence-electron chi connectivity index (χ1n) is 8.66. The summed E-state index contributed by atoms with van der Waals surface area (Å²) in [5, 5.41) is 31.9. The van der Waals surface area contributed by atoms with E-state index in [9.17, 15) is 25.0 Å². The molecule has 26 heavy (non-hydrogen) atoms. The van der Waals surface area contributed by atoms with Crippen molar-refractivity contribution in [2.45, 2.75) is 51.9 Å². The first-order valence-corrected chi connectivity index (χ1v) is 8.66. The Bertz CT molecular complexity index is 654. The highest BCUT2D eigenvalue weighted by Gasteiger charge is 2.33. The number of hydrogen-bond acceptors (Lipinski definition) is 5. The van der Waals surface area contributed by atoms with E-state index in [0.29, 0.717) is 12.8 Å². The van der Waals surface area contributed by atoms with Gasteiger partial charge in [0.2, 0.25) is 0 Å². The molecule has 0 aromatic heterocycles. The number of nitro benzene ring substituents is 2. The molecule has 1 aromatic carbocycles. The second kappa shape index (κ2) is 10.3. The molecule has 0 amide bonds. The van der Waals surface area contributed by atoms with E-state index in [4.69, 9.17) is 5.11 Å². The number of unbranched alkanes of at least 4 members (excludes halogenated alkanes) is 2. The fourth-order valence-corrected chi connectivity index (χ4v) is 3.17. The van der Waals surface area contributed by atoms with Crippen molar-refractivity contribution in [2.24, 2.45) is 5.92 Å². The van der Waals surface area contributed by atoms with Gasteiger partial charge in [-0.1, -0.05) is 45.6 Å². The largest absolute Gasteiger partial charge is 0.478 e. The minimum absolute atomic E-state index is 0.0247. The first-order chi connectivity index (χ1) is 12.3. The topological polar surface area (TPSA) is 124 Å². The molecule has 1 aromatic rings. The van der Waals surface area contributed by atoms with Crippen molar-refractivity contribution in [1.29, 1.82) is 0 Å². The molecule has 2 unspecified atom stereocenters. The summed E-state index contributed by atoms with van der Waals surface area (Å²) in [6.45, 7) is 3.95. The van der Waals surface area contributed by atoms with Crippen LogP contribution >= 0.6 is 0 Å². The molecule has 142 valence electrons. The van der Waals surface area contributed by atoms with Crippen molar-refractivity contribution in [3.8, 4) is 0 Å². The average molecular weight is 364 g/mol.